The number of rotatable bonds is 6. The molecule has 0 bridgehead atoms. The highest BCUT2D eigenvalue weighted by Gasteiger charge is 2.29. The minimum Gasteiger partial charge on any atom is -0.496 e. The molecule has 1 heterocycles. The van der Waals surface area contributed by atoms with E-state index in [1.165, 1.54) is 0 Å². The van der Waals surface area contributed by atoms with E-state index in [4.69, 9.17) is 9.47 Å². The lowest BCUT2D eigenvalue weighted by molar-refractivity contribution is -0.121. The highest BCUT2D eigenvalue weighted by atomic mass is 16.5. The fourth-order valence-corrected chi connectivity index (χ4v) is 4.23. The van der Waals surface area contributed by atoms with Gasteiger partial charge in [0.25, 0.3) is 5.91 Å². The molecule has 1 N–H and O–H groups in total. The lowest BCUT2D eigenvalue weighted by atomic mass is 9.95. The van der Waals surface area contributed by atoms with Crippen LogP contribution in [0.4, 0.5) is 5.69 Å². The van der Waals surface area contributed by atoms with Crippen molar-refractivity contribution < 1.29 is 19.1 Å². The standard InChI is InChI=1S/C26H28N2O4/c1-3-32-20-12-10-19(11-13-20)27-25(29)18-7-6-16-28(17-18)26(30)23-14-15-24(31-2)22-9-5-4-8-21(22)23/h4-5,8-15,18H,3,6-7,16-17H2,1-2H3,(H,27,29)/t18-/m1/s1. The van der Waals surface area contributed by atoms with Gasteiger partial charge in [0.2, 0.25) is 5.91 Å². The molecule has 32 heavy (non-hydrogen) atoms. The SMILES string of the molecule is CCOc1ccc(NC(=O)[C@@H]2CCCN(C(=O)c3ccc(OC)c4ccccc34)C2)cc1. The Hall–Kier alpha value is -3.54. The molecule has 1 aliphatic rings. The first-order chi connectivity index (χ1) is 15.6. The van der Waals surface area contributed by atoms with Crippen molar-refractivity contribution >= 4 is 28.3 Å². The first-order valence-corrected chi connectivity index (χ1v) is 11.0. The summed E-state index contributed by atoms with van der Waals surface area (Å²) in [6.07, 6.45) is 1.55. The summed E-state index contributed by atoms with van der Waals surface area (Å²) in [5.41, 5.74) is 1.36. The third-order valence-electron chi connectivity index (χ3n) is 5.85. The van der Waals surface area contributed by atoms with Crippen LogP contribution in [0.2, 0.25) is 0 Å². The number of amides is 2. The lowest BCUT2D eigenvalue weighted by Gasteiger charge is -2.32. The van der Waals surface area contributed by atoms with Crippen molar-refractivity contribution in [1.82, 2.24) is 4.90 Å². The Balaban J connectivity index is 1.47. The fourth-order valence-electron chi connectivity index (χ4n) is 4.23. The van der Waals surface area contributed by atoms with Gasteiger partial charge >= 0.3 is 0 Å². The summed E-state index contributed by atoms with van der Waals surface area (Å²) in [5, 5.41) is 4.74. The second-order valence-electron chi connectivity index (χ2n) is 7.90. The van der Waals surface area contributed by atoms with Crippen molar-refractivity contribution in [2.45, 2.75) is 19.8 Å². The third kappa shape index (κ3) is 4.54. The quantitative estimate of drug-likeness (QED) is 0.611. The second kappa shape index (κ2) is 9.73. The third-order valence-corrected chi connectivity index (χ3v) is 5.85. The van der Waals surface area contributed by atoms with Crippen molar-refractivity contribution in [1.29, 1.82) is 0 Å². The number of carbonyl (C=O) groups is 2. The number of hydrogen-bond donors (Lipinski definition) is 1. The fraction of sp³-hybridized carbons (Fsp3) is 0.308. The Morgan fingerprint density at radius 1 is 1.03 bits per heavy atom. The molecule has 6 nitrogen and oxygen atoms in total. The first kappa shape index (κ1) is 21.7. The maximum absolute atomic E-state index is 13.4. The number of methoxy groups -OCH3 is 1. The van der Waals surface area contributed by atoms with Crippen LogP contribution in [-0.2, 0) is 4.79 Å². The molecule has 6 heteroatoms. The molecule has 0 radical (unpaired) electrons. The van der Waals surface area contributed by atoms with Crippen LogP contribution in [0.1, 0.15) is 30.1 Å². The van der Waals surface area contributed by atoms with Crippen molar-refractivity contribution in [2.75, 3.05) is 32.1 Å². The molecule has 1 saturated heterocycles. The van der Waals surface area contributed by atoms with Crippen LogP contribution in [-0.4, -0.2) is 43.5 Å². The van der Waals surface area contributed by atoms with Crippen LogP contribution in [0.15, 0.2) is 60.7 Å². The molecule has 2 amide bonds. The van der Waals surface area contributed by atoms with Gasteiger partial charge in [0.1, 0.15) is 11.5 Å². The molecule has 0 aromatic heterocycles. The normalized spacial score (nSPS) is 15.9. The van der Waals surface area contributed by atoms with Gasteiger partial charge in [-0.1, -0.05) is 24.3 Å². The van der Waals surface area contributed by atoms with Gasteiger partial charge in [0.05, 0.1) is 19.6 Å². The van der Waals surface area contributed by atoms with Crippen LogP contribution in [0, 0.1) is 5.92 Å². The van der Waals surface area contributed by atoms with Crippen molar-refractivity contribution in [3.05, 3.63) is 66.2 Å². The number of nitrogens with zero attached hydrogens (tertiary/aromatic N) is 1. The molecule has 1 aliphatic heterocycles. The summed E-state index contributed by atoms with van der Waals surface area (Å²) in [4.78, 5) is 28.1. The van der Waals surface area contributed by atoms with E-state index in [2.05, 4.69) is 5.32 Å². The van der Waals surface area contributed by atoms with E-state index < -0.39 is 0 Å². The predicted molar refractivity (Wildman–Crippen MR) is 125 cm³/mol. The Labute approximate surface area is 188 Å². The Kier molecular flexibility index (Phi) is 6.59. The summed E-state index contributed by atoms with van der Waals surface area (Å²) in [6.45, 7) is 3.58. The molecule has 0 saturated carbocycles. The van der Waals surface area contributed by atoms with Gasteiger partial charge in [0, 0.05) is 29.7 Å². The first-order valence-electron chi connectivity index (χ1n) is 11.0. The maximum atomic E-state index is 13.4. The summed E-state index contributed by atoms with van der Waals surface area (Å²) in [5.74, 6) is 1.15. The molecular formula is C26H28N2O4. The molecule has 4 rings (SSSR count). The predicted octanol–water partition coefficient (Wildman–Crippen LogP) is 4.74. The summed E-state index contributed by atoms with van der Waals surface area (Å²) in [7, 11) is 1.63. The zero-order valence-corrected chi connectivity index (χ0v) is 18.5. The zero-order chi connectivity index (χ0) is 22.5. The van der Waals surface area contributed by atoms with Gasteiger partial charge in [-0.3, -0.25) is 9.59 Å². The number of nitrogens with one attached hydrogen (secondary N) is 1. The minimum absolute atomic E-state index is 0.0533. The monoisotopic (exact) mass is 432 g/mol. The van der Waals surface area contributed by atoms with E-state index >= 15 is 0 Å². The number of ether oxygens (including phenoxy) is 2. The number of anilines is 1. The Morgan fingerprint density at radius 3 is 2.50 bits per heavy atom. The van der Waals surface area contributed by atoms with Gasteiger partial charge in [-0.05, 0) is 61.5 Å². The molecular weight excluding hydrogens is 404 g/mol. The van der Waals surface area contributed by atoms with Crippen LogP contribution < -0.4 is 14.8 Å². The number of hydrogen-bond acceptors (Lipinski definition) is 4. The molecule has 1 fully saturated rings. The van der Waals surface area contributed by atoms with E-state index in [0.29, 0.717) is 25.3 Å². The summed E-state index contributed by atoms with van der Waals surface area (Å²) < 4.78 is 10.9. The average Bonchev–Trinajstić information content (AvgIpc) is 2.84. The average molecular weight is 433 g/mol. The van der Waals surface area contributed by atoms with Crippen molar-refractivity contribution in [3.8, 4) is 11.5 Å². The Morgan fingerprint density at radius 2 is 1.78 bits per heavy atom. The number of piperidine rings is 1. The van der Waals surface area contributed by atoms with Crippen molar-refractivity contribution in [3.63, 3.8) is 0 Å². The topological polar surface area (TPSA) is 67.9 Å². The smallest absolute Gasteiger partial charge is 0.254 e. The Bertz CT molecular complexity index is 1110. The highest BCUT2D eigenvalue weighted by Crippen LogP contribution is 2.30. The van der Waals surface area contributed by atoms with Gasteiger partial charge in [-0.15, -0.1) is 0 Å². The molecule has 0 unspecified atom stereocenters. The minimum atomic E-state index is -0.246. The van der Waals surface area contributed by atoms with E-state index in [1.54, 1.807) is 12.0 Å². The second-order valence-corrected chi connectivity index (χ2v) is 7.90. The number of carbonyl (C=O) groups excluding carboxylic acids is 2. The van der Waals surface area contributed by atoms with Crippen molar-refractivity contribution in [2.24, 2.45) is 5.92 Å². The van der Waals surface area contributed by atoms with Gasteiger partial charge < -0.3 is 19.7 Å². The number of likely N-dealkylation sites (tertiary alicyclic amines) is 1. The number of fused-ring (bicyclic) bond motifs is 1. The van der Waals surface area contributed by atoms with Crippen LogP contribution in [0.3, 0.4) is 0 Å². The lowest BCUT2D eigenvalue weighted by Crippen LogP contribution is -2.43. The largest absolute Gasteiger partial charge is 0.496 e. The number of benzene rings is 3. The van der Waals surface area contributed by atoms with E-state index in [1.807, 2.05) is 67.6 Å². The van der Waals surface area contributed by atoms with Crippen LogP contribution >= 0.6 is 0 Å². The van der Waals surface area contributed by atoms with Crippen LogP contribution in [0.5, 0.6) is 11.5 Å². The van der Waals surface area contributed by atoms with Gasteiger partial charge in [-0.2, -0.15) is 0 Å². The summed E-state index contributed by atoms with van der Waals surface area (Å²) in [6, 6.07) is 18.7. The van der Waals surface area contributed by atoms with Gasteiger partial charge in [0.15, 0.2) is 0 Å². The highest BCUT2D eigenvalue weighted by molar-refractivity contribution is 6.08. The molecule has 0 aliphatic carbocycles. The molecule has 3 aromatic carbocycles. The van der Waals surface area contributed by atoms with E-state index in [9.17, 15) is 9.59 Å². The molecule has 166 valence electrons. The van der Waals surface area contributed by atoms with Gasteiger partial charge in [-0.25, -0.2) is 0 Å². The molecule has 1 atom stereocenters. The van der Waals surface area contributed by atoms with E-state index in [0.717, 1.165) is 40.8 Å². The zero-order valence-electron chi connectivity index (χ0n) is 18.5. The molecule has 3 aromatic rings. The maximum Gasteiger partial charge on any atom is 0.254 e. The van der Waals surface area contributed by atoms with Crippen LogP contribution in [0.25, 0.3) is 10.8 Å². The molecule has 0 spiro atoms. The van der Waals surface area contributed by atoms with E-state index in [-0.39, 0.29) is 17.7 Å². The summed E-state index contributed by atoms with van der Waals surface area (Å²) >= 11 is 0.